The number of nitrogens with two attached hydrogens (primary N) is 1. The molecule has 1 atom stereocenters. The van der Waals surface area contributed by atoms with Crippen LogP contribution in [0.1, 0.15) is 25.7 Å². The average Bonchev–Trinajstić information content (AvgIpc) is 3.09. The van der Waals surface area contributed by atoms with Crippen molar-refractivity contribution in [1.82, 2.24) is 5.32 Å². The van der Waals surface area contributed by atoms with Gasteiger partial charge in [0.25, 0.3) is 0 Å². The van der Waals surface area contributed by atoms with Gasteiger partial charge in [-0.3, -0.25) is 20.6 Å². The topological polar surface area (TPSA) is 90.6 Å². The van der Waals surface area contributed by atoms with Crippen LogP contribution in [0, 0.1) is 11.8 Å². The molecule has 1 aliphatic carbocycles. The molecule has 0 amide bonds. The Bertz CT molecular complexity index is 266. The largest absolute Gasteiger partial charge is 0.450 e. The minimum Gasteiger partial charge on any atom is -0.450 e. The molecule has 1 unspecified atom stereocenters. The fourth-order valence-corrected chi connectivity index (χ4v) is 1.76. The Morgan fingerprint density at radius 3 is 2.35 bits per heavy atom. The molecule has 6 heteroatoms. The summed E-state index contributed by atoms with van der Waals surface area (Å²) in [7, 11) is 1.70. The number of rotatable bonds is 8. The predicted octanol–water partition coefficient (Wildman–Crippen LogP) is -0.0277. The molecule has 0 spiro atoms. The molecule has 1 saturated carbocycles. The third-order valence-electron chi connectivity index (χ3n) is 2.77. The highest BCUT2D eigenvalue weighted by molar-refractivity contribution is 5.73. The summed E-state index contributed by atoms with van der Waals surface area (Å²) < 4.78 is 9.60. The van der Waals surface area contributed by atoms with Gasteiger partial charge in [-0.15, -0.1) is 0 Å². The monoisotopic (exact) mass is 244 g/mol. The van der Waals surface area contributed by atoms with E-state index in [0.29, 0.717) is 5.92 Å². The predicted molar refractivity (Wildman–Crippen MR) is 60.6 cm³/mol. The molecule has 0 aromatic rings. The van der Waals surface area contributed by atoms with Crippen molar-refractivity contribution in [3.8, 4) is 0 Å². The Kier molecular flexibility index (Phi) is 5.93. The van der Waals surface area contributed by atoms with E-state index in [2.05, 4.69) is 10.1 Å². The van der Waals surface area contributed by atoms with Gasteiger partial charge in [-0.2, -0.15) is 0 Å². The molecule has 98 valence electrons. The molecular weight excluding hydrogens is 224 g/mol. The third kappa shape index (κ3) is 5.65. The van der Waals surface area contributed by atoms with Crippen LogP contribution in [0.25, 0.3) is 0 Å². The first kappa shape index (κ1) is 13.9. The van der Waals surface area contributed by atoms with Crippen molar-refractivity contribution in [1.29, 1.82) is 0 Å². The van der Waals surface area contributed by atoms with Crippen LogP contribution in [0.5, 0.6) is 0 Å². The minimum absolute atomic E-state index is 0.0263. The summed E-state index contributed by atoms with van der Waals surface area (Å²) in [5.74, 6) is -0.150. The highest BCUT2D eigenvalue weighted by atomic mass is 16.5. The summed E-state index contributed by atoms with van der Waals surface area (Å²) in [6.07, 6.45) is 2.66. The fourth-order valence-electron chi connectivity index (χ4n) is 1.76. The first-order valence-electron chi connectivity index (χ1n) is 5.83. The van der Waals surface area contributed by atoms with Crippen LogP contribution in [0.2, 0.25) is 0 Å². The lowest BCUT2D eigenvalue weighted by molar-refractivity contribution is -0.148. The second-order valence-corrected chi connectivity index (χ2v) is 4.20. The molecule has 17 heavy (non-hydrogen) atoms. The van der Waals surface area contributed by atoms with Crippen molar-refractivity contribution in [2.75, 3.05) is 20.5 Å². The first-order valence-corrected chi connectivity index (χ1v) is 5.83. The molecule has 1 fully saturated rings. The summed E-state index contributed by atoms with van der Waals surface area (Å²) in [6.45, 7) is 0.0872. The maximum absolute atomic E-state index is 11.4. The Morgan fingerprint density at radius 1 is 1.29 bits per heavy atom. The van der Waals surface area contributed by atoms with Crippen molar-refractivity contribution in [2.24, 2.45) is 17.6 Å². The van der Waals surface area contributed by atoms with E-state index in [1.54, 1.807) is 7.05 Å². The van der Waals surface area contributed by atoms with Gasteiger partial charge in [-0.05, 0) is 31.7 Å². The van der Waals surface area contributed by atoms with Crippen LogP contribution >= 0.6 is 0 Å². The van der Waals surface area contributed by atoms with Gasteiger partial charge in [0.05, 0.1) is 0 Å². The van der Waals surface area contributed by atoms with Gasteiger partial charge in [0.1, 0.15) is 13.5 Å². The summed E-state index contributed by atoms with van der Waals surface area (Å²) in [5.41, 5.74) is 5.12. The van der Waals surface area contributed by atoms with Gasteiger partial charge >= 0.3 is 11.9 Å². The molecule has 0 aromatic carbocycles. The summed E-state index contributed by atoms with van der Waals surface area (Å²) >= 11 is 0. The van der Waals surface area contributed by atoms with Crippen LogP contribution in [-0.2, 0) is 19.1 Å². The second-order valence-electron chi connectivity index (χ2n) is 4.20. The van der Waals surface area contributed by atoms with Crippen LogP contribution < -0.4 is 11.1 Å². The normalized spacial score (nSPS) is 16.4. The van der Waals surface area contributed by atoms with Gasteiger partial charge in [-0.25, -0.2) is 0 Å². The molecule has 3 N–H and O–H groups in total. The summed E-state index contributed by atoms with van der Waals surface area (Å²) in [5, 5.41) is 2.73. The first-order chi connectivity index (χ1) is 8.17. The molecule has 0 bridgehead atoms. The number of nitrogens with one attached hydrogen (secondary N) is 1. The Morgan fingerprint density at radius 2 is 1.88 bits per heavy atom. The Hall–Kier alpha value is -1.14. The van der Waals surface area contributed by atoms with Crippen molar-refractivity contribution >= 4 is 11.9 Å². The zero-order valence-electron chi connectivity index (χ0n) is 10.1. The van der Waals surface area contributed by atoms with Gasteiger partial charge in [-0.1, -0.05) is 0 Å². The minimum atomic E-state index is -0.342. The van der Waals surface area contributed by atoms with Crippen LogP contribution in [-0.4, -0.2) is 32.4 Å². The molecule has 0 aliphatic heterocycles. The number of carbonyl (C=O) groups excluding carboxylic acids is 2. The van der Waals surface area contributed by atoms with Crippen molar-refractivity contribution in [3.05, 3.63) is 0 Å². The van der Waals surface area contributed by atoms with Gasteiger partial charge in [0, 0.05) is 12.8 Å². The number of esters is 2. The molecule has 0 saturated heterocycles. The maximum Gasteiger partial charge on any atom is 0.307 e. The van der Waals surface area contributed by atoms with E-state index in [9.17, 15) is 9.59 Å². The van der Waals surface area contributed by atoms with Crippen molar-refractivity contribution < 1.29 is 19.1 Å². The Labute approximate surface area is 101 Å². The molecule has 6 nitrogen and oxygen atoms in total. The summed E-state index contributed by atoms with van der Waals surface area (Å²) in [6, 6.07) is 0. The van der Waals surface area contributed by atoms with Crippen LogP contribution in [0.15, 0.2) is 0 Å². The average molecular weight is 244 g/mol. The standard InChI is InChI=1S/C11H20N2O4/c1-13-7-17-11(15)5-9(8-2-3-8)4-10(14)16-6-12/h8-9,13H,2-7,12H2,1H3. The van der Waals surface area contributed by atoms with E-state index in [1.807, 2.05) is 0 Å². The number of hydrogen-bond acceptors (Lipinski definition) is 6. The van der Waals surface area contributed by atoms with Gasteiger partial charge in [0.15, 0.2) is 0 Å². The van der Waals surface area contributed by atoms with E-state index >= 15 is 0 Å². The quantitative estimate of drug-likeness (QED) is 0.460. The van der Waals surface area contributed by atoms with Crippen molar-refractivity contribution in [2.45, 2.75) is 25.7 Å². The zero-order valence-corrected chi connectivity index (χ0v) is 10.1. The van der Waals surface area contributed by atoms with E-state index in [1.165, 1.54) is 0 Å². The Balaban J connectivity index is 2.32. The number of carbonyl (C=O) groups is 2. The van der Waals surface area contributed by atoms with Gasteiger partial charge in [0.2, 0.25) is 0 Å². The SMILES string of the molecule is CNCOC(=O)CC(CC(=O)OCN)C1CC1. The zero-order chi connectivity index (χ0) is 12.7. The molecular formula is C11H20N2O4. The van der Waals surface area contributed by atoms with Crippen LogP contribution in [0.4, 0.5) is 0 Å². The van der Waals surface area contributed by atoms with E-state index in [4.69, 9.17) is 10.5 Å². The maximum atomic E-state index is 11.4. The molecule has 1 rings (SSSR count). The smallest absolute Gasteiger partial charge is 0.307 e. The van der Waals surface area contributed by atoms with Gasteiger partial charge < -0.3 is 9.47 Å². The highest BCUT2D eigenvalue weighted by Crippen LogP contribution is 2.40. The lowest BCUT2D eigenvalue weighted by atomic mass is 9.96. The van der Waals surface area contributed by atoms with E-state index in [-0.39, 0.29) is 44.2 Å². The third-order valence-corrected chi connectivity index (χ3v) is 2.77. The number of ether oxygens (including phenoxy) is 2. The molecule has 0 radical (unpaired) electrons. The molecule has 0 heterocycles. The van der Waals surface area contributed by atoms with Crippen LogP contribution in [0.3, 0.4) is 0 Å². The second kappa shape index (κ2) is 7.24. The lowest BCUT2D eigenvalue weighted by Gasteiger charge is -2.14. The van der Waals surface area contributed by atoms with E-state index < -0.39 is 0 Å². The van der Waals surface area contributed by atoms with E-state index in [0.717, 1.165) is 12.8 Å². The molecule has 0 aromatic heterocycles. The summed E-state index contributed by atoms with van der Waals surface area (Å²) in [4.78, 5) is 22.8. The fraction of sp³-hybridized carbons (Fsp3) is 0.818. The molecule has 1 aliphatic rings. The van der Waals surface area contributed by atoms with Crippen molar-refractivity contribution in [3.63, 3.8) is 0 Å². The lowest BCUT2D eigenvalue weighted by Crippen LogP contribution is -2.22. The highest BCUT2D eigenvalue weighted by Gasteiger charge is 2.34. The number of hydrogen-bond donors (Lipinski definition) is 2.